The van der Waals surface area contributed by atoms with E-state index in [9.17, 15) is 0 Å². The lowest BCUT2D eigenvalue weighted by Gasteiger charge is -2.09. The highest BCUT2D eigenvalue weighted by atomic mass is 79.9. The maximum Gasteiger partial charge on any atom is 0.133 e. The fourth-order valence-electron chi connectivity index (χ4n) is 1.42. The predicted octanol–water partition coefficient (Wildman–Crippen LogP) is 3.66. The lowest BCUT2D eigenvalue weighted by Crippen LogP contribution is -2.17. The van der Waals surface area contributed by atoms with Crippen LogP contribution in [0.5, 0.6) is 0 Å². The molecule has 0 saturated carbocycles. The largest absolute Gasteiger partial charge is 0.361 e. The van der Waals surface area contributed by atoms with E-state index in [1.807, 2.05) is 13.0 Å². The molecule has 1 unspecified atom stereocenters. The highest BCUT2D eigenvalue weighted by Gasteiger charge is 2.08. The van der Waals surface area contributed by atoms with Crippen LogP contribution in [0.1, 0.15) is 29.3 Å². The molecule has 3 nitrogen and oxygen atoms in total. The Bertz CT molecular complexity index is 466. The van der Waals surface area contributed by atoms with Crippen LogP contribution in [0.3, 0.4) is 0 Å². The van der Waals surface area contributed by atoms with Crippen LogP contribution >= 0.6 is 27.3 Å². The van der Waals surface area contributed by atoms with Crippen molar-refractivity contribution in [3.8, 4) is 0 Å². The molecule has 2 heterocycles. The molecular formula is C11H13BrN2OS. The molecule has 5 heteroatoms. The molecule has 0 aliphatic rings. The summed E-state index contributed by atoms with van der Waals surface area (Å²) in [6, 6.07) is 6.47. The second kappa shape index (κ2) is 5.12. The highest BCUT2D eigenvalue weighted by Crippen LogP contribution is 2.27. The van der Waals surface area contributed by atoms with Crippen LogP contribution in [0.15, 0.2) is 26.5 Å². The lowest BCUT2D eigenvalue weighted by molar-refractivity contribution is 0.386. The smallest absolute Gasteiger partial charge is 0.133 e. The van der Waals surface area contributed by atoms with Gasteiger partial charge >= 0.3 is 0 Å². The Hall–Kier alpha value is -0.650. The van der Waals surface area contributed by atoms with Gasteiger partial charge in [0.25, 0.3) is 0 Å². The number of aromatic nitrogens is 1. The van der Waals surface area contributed by atoms with Crippen LogP contribution < -0.4 is 5.32 Å². The summed E-state index contributed by atoms with van der Waals surface area (Å²) in [6.07, 6.45) is 0. The van der Waals surface area contributed by atoms with Gasteiger partial charge in [0.15, 0.2) is 0 Å². The molecular weight excluding hydrogens is 288 g/mol. The average Bonchev–Trinajstić information content (AvgIpc) is 2.84. The fourth-order valence-corrected chi connectivity index (χ4v) is 2.87. The predicted molar refractivity (Wildman–Crippen MR) is 68.5 cm³/mol. The maximum atomic E-state index is 5.01. The zero-order valence-electron chi connectivity index (χ0n) is 9.16. The molecule has 16 heavy (non-hydrogen) atoms. The number of hydrogen-bond acceptors (Lipinski definition) is 4. The quantitative estimate of drug-likeness (QED) is 0.936. The van der Waals surface area contributed by atoms with Crippen LogP contribution in [0.25, 0.3) is 0 Å². The van der Waals surface area contributed by atoms with E-state index in [1.54, 1.807) is 11.3 Å². The Morgan fingerprint density at radius 2 is 2.38 bits per heavy atom. The van der Waals surface area contributed by atoms with Gasteiger partial charge in [-0.15, -0.1) is 11.3 Å². The van der Waals surface area contributed by atoms with Gasteiger partial charge in [0.1, 0.15) is 5.76 Å². The summed E-state index contributed by atoms with van der Waals surface area (Å²) >= 11 is 5.21. The number of hydrogen-bond donors (Lipinski definition) is 1. The Labute approximate surface area is 107 Å². The normalized spacial score (nSPS) is 12.9. The van der Waals surface area contributed by atoms with Gasteiger partial charge < -0.3 is 9.84 Å². The molecule has 1 N–H and O–H groups in total. The van der Waals surface area contributed by atoms with Crippen molar-refractivity contribution in [1.29, 1.82) is 0 Å². The Kier molecular flexibility index (Phi) is 3.78. The van der Waals surface area contributed by atoms with Crippen molar-refractivity contribution in [2.75, 3.05) is 0 Å². The molecule has 0 saturated heterocycles. The van der Waals surface area contributed by atoms with E-state index in [0.29, 0.717) is 6.04 Å². The minimum Gasteiger partial charge on any atom is -0.361 e. The van der Waals surface area contributed by atoms with Gasteiger partial charge in [-0.1, -0.05) is 5.16 Å². The molecule has 2 aromatic rings. The third-order valence-electron chi connectivity index (χ3n) is 2.29. The van der Waals surface area contributed by atoms with Gasteiger partial charge in [-0.05, 0) is 41.9 Å². The number of nitrogens with zero attached hydrogens (tertiary/aromatic N) is 1. The van der Waals surface area contributed by atoms with E-state index in [0.717, 1.165) is 21.8 Å². The molecule has 0 aliphatic carbocycles. The average molecular weight is 301 g/mol. The molecule has 0 fully saturated rings. The topological polar surface area (TPSA) is 38.1 Å². The van der Waals surface area contributed by atoms with Gasteiger partial charge in [-0.3, -0.25) is 0 Å². The van der Waals surface area contributed by atoms with Crippen molar-refractivity contribution in [2.24, 2.45) is 0 Å². The minimum atomic E-state index is 0.327. The first-order valence-electron chi connectivity index (χ1n) is 5.06. The number of thiophene rings is 1. The first kappa shape index (κ1) is 11.8. The molecule has 2 aromatic heterocycles. The first-order chi connectivity index (χ1) is 7.65. The second-order valence-corrected chi connectivity index (χ2v) is 6.17. The fraction of sp³-hybridized carbons (Fsp3) is 0.364. The van der Waals surface area contributed by atoms with Gasteiger partial charge in [0.05, 0.1) is 9.48 Å². The summed E-state index contributed by atoms with van der Waals surface area (Å²) in [5.74, 6) is 0.850. The van der Waals surface area contributed by atoms with Crippen LogP contribution in [-0.4, -0.2) is 5.16 Å². The summed E-state index contributed by atoms with van der Waals surface area (Å²) in [7, 11) is 0. The van der Waals surface area contributed by atoms with Gasteiger partial charge in [0, 0.05) is 23.5 Å². The van der Waals surface area contributed by atoms with Crippen molar-refractivity contribution >= 4 is 27.3 Å². The summed E-state index contributed by atoms with van der Waals surface area (Å²) < 4.78 is 6.17. The van der Waals surface area contributed by atoms with E-state index >= 15 is 0 Å². The van der Waals surface area contributed by atoms with Crippen molar-refractivity contribution in [3.63, 3.8) is 0 Å². The molecule has 2 rings (SSSR count). The summed E-state index contributed by atoms with van der Waals surface area (Å²) in [4.78, 5) is 1.31. The standard InChI is InChI=1S/C11H13BrN2OS/c1-7-5-9(14-15-7)6-13-8(2)10-3-4-11(12)16-10/h3-5,8,13H,6H2,1-2H3. The molecule has 0 aromatic carbocycles. The van der Waals surface area contributed by atoms with Gasteiger partial charge in [-0.2, -0.15) is 0 Å². The van der Waals surface area contributed by atoms with E-state index in [2.05, 4.69) is 45.5 Å². The summed E-state index contributed by atoms with van der Waals surface area (Å²) in [5, 5.41) is 7.35. The lowest BCUT2D eigenvalue weighted by atomic mass is 10.2. The SMILES string of the molecule is Cc1cc(CNC(C)c2ccc(Br)s2)no1. The summed E-state index contributed by atoms with van der Waals surface area (Å²) in [6.45, 7) is 4.77. The van der Waals surface area contributed by atoms with Crippen molar-refractivity contribution in [2.45, 2.75) is 26.4 Å². The van der Waals surface area contributed by atoms with Crippen molar-refractivity contribution in [3.05, 3.63) is 38.3 Å². The Morgan fingerprint density at radius 1 is 1.56 bits per heavy atom. The number of nitrogens with one attached hydrogen (secondary N) is 1. The minimum absolute atomic E-state index is 0.327. The van der Waals surface area contributed by atoms with Crippen LogP contribution in [0, 0.1) is 6.92 Å². The summed E-state index contributed by atoms with van der Waals surface area (Å²) in [5.41, 5.74) is 0.944. The number of halogens is 1. The second-order valence-electron chi connectivity index (χ2n) is 3.67. The third kappa shape index (κ3) is 2.93. The zero-order chi connectivity index (χ0) is 11.5. The number of aryl methyl sites for hydroxylation is 1. The van der Waals surface area contributed by atoms with Gasteiger partial charge in [0.2, 0.25) is 0 Å². The van der Waals surface area contributed by atoms with E-state index in [1.165, 1.54) is 4.88 Å². The molecule has 0 aliphatic heterocycles. The number of rotatable bonds is 4. The highest BCUT2D eigenvalue weighted by molar-refractivity contribution is 9.11. The van der Waals surface area contributed by atoms with E-state index in [4.69, 9.17) is 4.52 Å². The maximum absolute atomic E-state index is 5.01. The zero-order valence-corrected chi connectivity index (χ0v) is 11.6. The molecule has 0 spiro atoms. The Morgan fingerprint density at radius 3 is 2.94 bits per heavy atom. The van der Waals surface area contributed by atoms with Gasteiger partial charge in [-0.25, -0.2) is 0 Å². The monoisotopic (exact) mass is 300 g/mol. The molecule has 1 atom stereocenters. The van der Waals surface area contributed by atoms with Crippen LogP contribution in [-0.2, 0) is 6.54 Å². The van der Waals surface area contributed by atoms with Crippen molar-refractivity contribution in [1.82, 2.24) is 10.5 Å². The first-order valence-corrected chi connectivity index (χ1v) is 6.67. The van der Waals surface area contributed by atoms with Crippen LogP contribution in [0.4, 0.5) is 0 Å². The third-order valence-corrected chi connectivity index (χ3v) is 4.09. The molecule has 86 valence electrons. The molecule has 0 amide bonds. The van der Waals surface area contributed by atoms with Crippen LogP contribution in [0.2, 0.25) is 0 Å². The Balaban J connectivity index is 1.91. The van der Waals surface area contributed by atoms with E-state index < -0.39 is 0 Å². The van der Waals surface area contributed by atoms with Crippen molar-refractivity contribution < 1.29 is 4.52 Å². The molecule has 0 radical (unpaired) electrons. The molecule has 0 bridgehead atoms. The van der Waals surface area contributed by atoms with E-state index in [-0.39, 0.29) is 0 Å².